The van der Waals surface area contributed by atoms with E-state index in [1.807, 2.05) is 0 Å². The second-order valence-corrected chi connectivity index (χ2v) is 11.8. The number of carbonyl (C=O) groups excluding carboxylic acids is 2. The molecule has 30 heavy (non-hydrogen) atoms. The highest BCUT2D eigenvalue weighted by Crippen LogP contribution is 2.38. The molecule has 0 fully saturated rings. The zero-order valence-corrected chi connectivity index (χ0v) is 21.2. The molecule has 2 rings (SSSR count). The molecule has 3 N–H and O–H groups in total. The van der Waals surface area contributed by atoms with Crippen LogP contribution in [-0.2, 0) is 22.4 Å². The number of rotatable bonds is 5. The normalized spacial score (nSPS) is 15.0. The minimum Gasteiger partial charge on any atom is -0.462 e. The van der Waals surface area contributed by atoms with Crippen molar-refractivity contribution in [2.75, 3.05) is 11.9 Å². The molecule has 1 aromatic rings. The van der Waals surface area contributed by atoms with Crippen LogP contribution in [0.4, 0.5) is 5.00 Å². The summed E-state index contributed by atoms with van der Waals surface area (Å²) in [6.07, 6.45) is 2.75. The van der Waals surface area contributed by atoms with Gasteiger partial charge in [0, 0.05) is 10.3 Å². The van der Waals surface area contributed by atoms with Gasteiger partial charge < -0.3 is 20.7 Å². The van der Waals surface area contributed by atoms with E-state index in [9.17, 15) is 9.59 Å². The molecule has 11 heteroatoms. The van der Waals surface area contributed by atoms with Crippen molar-refractivity contribution >= 4 is 80.3 Å². The SMILES string of the molecule is CCOC(=O)c1c(NC(=S)N[C@@H](NC(=O)C(C)(C)C)C(Cl)(Cl)Cl)sc2c1CCCC2. The van der Waals surface area contributed by atoms with Gasteiger partial charge in [0.15, 0.2) is 5.11 Å². The lowest BCUT2D eigenvalue weighted by atomic mass is 9.95. The molecule has 0 saturated carbocycles. The molecule has 1 heterocycles. The number of esters is 1. The van der Waals surface area contributed by atoms with Crippen LogP contribution in [0.15, 0.2) is 0 Å². The van der Waals surface area contributed by atoms with E-state index in [4.69, 9.17) is 51.8 Å². The maximum absolute atomic E-state index is 12.6. The fourth-order valence-electron chi connectivity index (χ4n) is 2.89. The molecule has 0 aromatic carbocycles. The van der Waals surface area contributed by atoms with E-state index in [0.29, 0.717) is 10.6 Å². The second kappa shape index (κ2) is 10.2. The van der Waals surface area contributed by atoms with Crippen molar-refractivity contribution in [1.82, 2.24) is 10.6 Å². The van der Waals surface area contributed by atoms with Gasteiger partial charge in [0.1, 0.15) is 11.2 Å². The zero-order valence-electron chi connectivity index (χ0n) is 17.3. The van der Waals surface area contributed by atoms with E-state index in [2.05, 4.69) is 16.0 Å². The molecule has 1 aromatic heterocycles. The van der Waals surface area contributed by atoms with E-state index in [1.54, 1.807) is 27.7 Å². The fourth-order valence-corrected chi connectivity index (χ4v) is 4.78. The Morgan fingerprint density at radius 2 is 1.80 bits per heavy atom. The highest BCUT2D eigenvalue weighted by molar-refractivity contribution is 7.80. The highest BCUT2D eigenvalue weighted by atomic mass is 35.6. The third-order valence-electron chi connectivity index (χ3n) is 4.44. The van der Waals surface area contributed by atoms with Crippen LogP contribution in [0.5, 0.6) is 0 Å². The number of amides is 1. The van der Waals surface area contributed by atoms with E-state index >= 15 is 0 Å². The van der Waals surface area contributed by atoms with Crippen molar-refractivity contribution in [2.24, 2.45) is 5.41 Å². The summed E-state index contributed by atoms with van der Waals surface area (Å²) < 4.78 is 3.39. The highest BCUT2D eigenvalue weighted by Gasteiger charge is 2.37. The lowest BCUT2D eigenvalue weighted by Crippen LogP contribution is -2.58. The van der Waals surface area contributed by atoms with Gasteiger partial charge >= 0.3 is 5.97 Å². The minimum atomic E-state index is -1.86. The van der Waals surface area contributed by atoms with Crippen LogP contribution < -0.4 is 16.0 Å². The number of alkyl halides is 3. The van der Waals surface area contributed by atoms with Gasteiger partial charge in [0.25, 0.3) is 0 Å². The van der Waals surface area contributed by atoms with Crippen LogP contribution in [0.1, 0.15) is 61.3 Å². The summed E-state index contributed by atoms with van der Waals surface area (Å²) in [6, 6.07) is 0. The summed E-state index contributed by atoms with van der Waals surface area (Å²) in [6.45, 7) is 7.28. The molecule has 0 unspecified atom stereocenters. The average molecular weight is 515 g/mol. The smallest absolute Gasteiger partial charge is 0.341 e. The van der Waals surface area contributed by atoms with Crippen LogP contribution >= 0.6 is 58.4 Å². The second-order valence-electron chi connectivity index (χ2n) is 7.93. The van der Waals surface area contributed by atoms with Gasteiger partial charge in [0.2, 0.25) is 9.70 Å². The first kappa shape index (κ1) is 25.5. The quantitative estimate of drug-likeness (QED) is 0.223. The van der Waals surface area contributed by atoms with Gasteiger partial charge in [-0.3, -0.25) is 4.79 Å². The lowest BCUT2D eigenvalue weighted by molar-refractivity contribution is -0.129. The Morgan fingerprint density at radius 3 is 2.37 bits per heavy atom. The van der Waals surface area contributed by atoms with Crippen molar-refractivity contribution < 1.29 is 14.3 Å². The molecular weight excluding hydrogens is 489 g/mol. The van der Waals surface area contributed by atoms with Crippen molar-refractivity contribution in [3.8, 4) is 0 Å². The van der Waals surface area contributed by atoms with Crippen LogP contribution in [0, 0.1) is 5.41 Å². The summed E-state index contributed by atoms with van der Waals surface area (Å²) in [5.74, 6) is -0.700. The Kier molecular flexibility index (Phi) is 8.67. The summed E-state index contributed by atoms with van der Waals surface area (Å²) in [5, 5.41) is 9.23. The zero-order chi connectivity index (χ0) is 22.7. The molecule has 1 aliphatic rings. The number of thiophene rings is 1. The van der Waals surface area contributed by atoms with Gasteiger partial charge in [-0.15, -0.1) is 11.3 Å². The Labute approximate surface area is 201 Å². The number of carbonyl (C=O) groups is 2. The number of ether oxygens (including phenoxy) is 1. The van der Waals surface area contributed by atoms with Crippen LogP contribution in [0.25, 0.3) is 0 Å². The largest absolute Gasteiger partial charge is 0.462 e. The van der Waals surface area contributed by atoms with Crippen LogP contribution in [0.2, 0.25) is 0 Å². The summed E-state index contributed by atoms with van der Waals surface area (Å²) in [7, 11) is 0. The number of nitrogens with one attached hydrogen (secondary N) is 3. The van der Waals surface area contributed by atoms with Gasteiger partial charge in [-0.25, -0.2) is 4.79 Å². The Hall–Kier alpha value is -0.800. The van der Waals surface area contributed by atoms with Crippen molar-refractivity contribution in [3.63, 3.8) is 0 Å². The number of fused-ring (bicyclic) bond motifs is 1. The summed E-state index contributed by atoms with van der Waals surface area (Å²) >= 11 is 25.0. The maximum atomic E-state index is 12.6. The predicted molar refractivity (Wildman–Crippen MR) is 128 cm³/mol. The van der Waals surface area contributed by atoms with E-state index in [0.717, 1.165) is 36.1 Å². The first-order valence-electron chi connectivity index (χ1n) is 9.61. The van der Waals surface area contributed by atoms with Gasteiger partial charge in [-0.05, 0) is 50.4 Å². The number of thiocarbonyl (C=S) groups is 1. The van der Waals surface area contributed by atoms with Crippen molar-refractivity contribution in [1.29, 1.82) is 0 Å². The van der Waals surface area contributed by atoms with Gasteiger partial charge in [0.05, 0.1) is 12.2 Å². The van der Waals surface area contributed by atoms with Crippen molar-refractivity contribution in [2.45, 2.75) is 63.3 Å². The van der Waals surface area contributed by atoms with E-state index < -0.39 is 15.4 Å². The predicted octanol–water partition coefficient (Wildman–Crippen LogP) is 4.95. The summed E-state index contributed by atoms with van der Waals surface area (Å²) in [5.41, 5.74) is 0.827. The Balaban J connectivity index is 2.22. The third kappa shape index (κ3) is 6.60. The first-order chi connectivity index (χ1) is 13.8. The van der Waals surface area contributed by atoms with Crippen LogP contribution in [0.3, 0.4) is 0 Å². The number of hydrogen-bond donors (Lipinski definition) is 3. The van der Waals surface area contributed by atoms with E-state index in [-0.39, 0.29) is 23.6 Å². The number of halogens is 3. The Bertz CT molecular complexity index is 816. The molecule has 168 valence electrons. The number of hydrogen-bond acceptors (Lipinski definition) is 5. The van der Waals surface area contributed by atoms with Crippen molar-refractivity contribution in [3.05, 3.63) is 16.0 Å². The number of aryl methyl sites for hydroxylation is 1. The molecule has 0 spiro atoms. The van der Waals surface area contributed by atoms with Crippen LogP contribution in [-0.4, -0.2) is 33.6 Å². The maximum Gasteiger partial charge on any atom is 0.341 e. The average Bonchev–Trinajstić information content (AvgIpc) is 2.97. The van der Waals surface area contributed by atoms with Gasteiger partial charge in [-0.1, -0.05) is 55.6 Å². The summed E-state index contributed by atoms with van der Waals surface area (Å²) in [4.78, 5) is 26.1. The molecule has 0 radical (unpaired) electrons. The minimum absolute atomic E-state index is 0.115. The van der Waals surface area contributed by atoms with Gasteiger partial charge in [-0.2, -0.15) is 0 Å². The molecular formula is C19H26Cl3N3O3S2. The molecule has 1 atom stereocenters. The molecule has 1 amide bonds. The van der Waals surface area contributed by atoms with E-state index in [1.165, 1.54) is 11.3 Å². The molecule has 0 aliphatic heterocycles. The fraction of sp³-hybridized carbons (Fsp3) is 0.632. The third-order valence-corrected chi connectivity index (χ3v) is 6.52. The molecule has 1 aliphatic carbocycles. The standard InChI is InChI=1S/C19H26Cl3N3O3S2/c1-5-28-14(26)12-10-8-6-7-9-11(10)30-13(12)23-17(29)25-15(19(20,21)22)24-16(27)18(2,3)4/h15H,5-9H2,1-4H3,(H,24,27)(H2,23,25,29)/t15-/m1/s1. The Morgan fingerprint density at radius 1 is 1.17 bits per heavy atom. The number of anilines is 1. The topological polar surface area (TPSA) is 79.5 Å². The lowest BCUT2D eigenvalue weighted by Gasteiger charge is -2.30. The monoisotopic (exact) mass is 513 g/mol. The molecule has 0 saturated heterocycles. The first-order valence-corrected chi connectivity index (χ1v) is 12.0. The molecule has 0 bridgehead atoms. The molecule has 6 nitrogen and oxygen atoms in total.